The van der Waals surface area contributed by atoms with Gasteiger partial charge in [-0.15, -0.1) is 0 Å². The van der Waals surface area contributed by atoms with Gasteiger partial charge in [-0.05, 0) is 64.2 Å². The molecule has 1 aromatic heterocycles. The van der Waals surface area contributed by atoms with Crippen LogP contribution >= 0.6 is 27.5 Å². The third kappa shape index (κ3) is 2.49. The van der Waals surface area contributed by atoms with Crippen molar-refractivity contribution in [2.45, 2.75) is 25.5 Å². The lowest BCUT2D eigenvalue weighted by Crippen LogP contribution is -2.07. The molecular formula is C18H14BrClFNO. The highest BCUT2D eigenvalue weighted by atomic mass is 79.9. The van der Waals surface area contributed by atoms with Gasteiger partial charge in [0.2, 0.25) is 0 Å². The topological polar surface area (TPSA) is 25.2 Å². The molecular weight excluding hydrogens is 381 g/mol. The SMILES string of the molecule is O[C@@H]1CCc2c1n(Cc1ccc(Cl)cc1)c1c(Br)cc(F)cc21. The zero-order valence-corrected chi connectivity index (χ0v) is 14.5. The van der Waals surface area contributed by atoms with Crippen molar-refractivity contribution in [2.75, 3.05) is 0 Å². The van der Waals surface area contributed by atoms with Gasteiger partial charge in [-0.2, -0.15) is 0 Å². The lowest BCUT2D eigenvalue weighted by Gasteiger charge is -2.14. The smallest absolute Gasteiger partial charge is 0.125 e. The summed E-state index contributed by atoms with van der Waals surface area (Å²) in [5, 5.41) is 12.0. The maximum Gasteiger partial charge on any atom is 0.125 e. The number of aliphatic hydroxyl groups excluding tert-OH is 1. The summed E-state index contributed by atoms with van der Waals surface area (Å²) in [4.78, 5) is 0. The minimum Gasteiger partial charge on any atom is -0.387 e. The fourth-order valence-electron chi connectivity index (χ4n) is 3.49. The zero-order chi connectivity index (χ0) is 16.1. The van der Waals surface area contributed by atoms with Crippen LogP contribution in [0.1, 0.15) is 29.3 Å². The number of fused-ring (bicyclic) bond motifs is 3. The van der Waals surface area contributed by atoms with Crippen LogP contribution in [-0.2, 0) is 13.0 Å². The summed E-state index contributed by atoms with van der Waals surface area (Å²) in [5.41, 5.74) is 3.98. The Hall–Kier alpha value is -1.36. The van der Waals surface area contributed by atoms with E-state index in [0.29, 0.717) is 22.5 Å². The molecule has 0 radical (unpaired) electrons. The summed E-state index contributed by atoms with van der Waals surface area (Å²) in [6, 6.07) is 10.7. The van der Waals surface area contributed by atoms with E-state index in [1.54, 1.807) is 6.07 Å². The number of aryl methyl sites for hydroxylation is 1. The van der Waals surface area contributed by atoms with Crippen LogP contribution in [0.5, 0.6) is 0 Å². The van der Waals surface area contributed by atoms with E-state index in [4.69, 9.17) is 11.6 Å². The minimum atomic E-state index is -0.500. The van der Waals surface area contributed by atoms with Crippen LogP contribution < -0.4 is 0 Å². The molecule has 1 aliphatic rings. The zero-order valence-electron chi connectivity index (χ0n) is 12.2. The lowest BCUT2D eigenvalue weighted by atomic mass is 10.1. The predicted molar refractivity (Wildman–Crippen MR) is 93.4 cm³/mol. The first-order valence-electron chi connectivity index (χ1n) is 7.47. The monoisotopic (exact) mass is 393 g/mol. The van der Waals surface area contributed by atoms with Crippen molar-refractivity contribution in [3.8, 4) is 0 Å². The number of aliphatic hydroxyl groups is 1. The van der Waals surface area contributed by atoms with Crippen molar-refractivity contribution < 1.29 is 9.50 Å². The highest BCUT2D eigenvalue weighted by molar-refractivity contribution is 9.10. The first-order valence-corrected chi connectivity index (χ1v) is 8.64. The van der Waals surface area contributed by atoms with Gasteiger partial charge in [-0.1, -0.05) is 23.7 Å². The van der Waals surface area contributed by atoms with Crippen molar-refractivity contribution in [1.29, 1.82) is 0 Å². The second-order valence-electron chi connectivity index (χ2n) is 5.91. The number of rotatable bonds is 2. The maximum absolute atomic E-state index is 13.8. The Morgan fingerprint density at radius 2 is 2.00 bits per heavy atom. The number of aromatic nitrogens is 1. The fourth-order valence-corrected chi connectivity index (χ4v) is 4.26. The van der Waals surface area contributed by atoms with Gasteiger partial charge in [0.05, 0.1) is 17.3 Å². The van der Waals surface area contributed by atoms with Crippen LogP contribution in [0.2, 0.25) is 5.02 Å². The quantitative estimate of drug-likeness (QED) is 0.633. The first-order chi connectivity index (χ1) is 11.0. The van der Waals surface area contributed by atoms with Crippen molar-refractivity contribution >= 4 is 38.4 Å². The van der Waals surface area contributed by atoms with E-state index in [2.05, 4.69) is 20.5 Å². The van der Waals surface area contributed by atoms with Crippen molar-refractivity contribution in [1.82, 2.24) is 4.57 Å². The van der Waals surface area contributed by atoms with E-state index in [1.165, 1.54) is 6.07 Å². The summed E-state index contributed by atoms with van der Waals surface area (Å²) >= 11 is 9.43. The molecule has 3 aromatic rings. The number of nitrogens with zero attached hydrogens (tertiary/aromatic N) is 1. The molecule has 0 bridgehead atoms. The van der Waals surface area contributed by atoms with E-state index in [0.717, 1.165) is 34.1 Å². The molecule has 1 atom stereocenters. The van der Waals surface area contributed by atoms with E-state index in [9.17, 15) is 9.50 Å². The van der Waals surface area contributed by atoms with Crippen molar-refractivity contribution in [2.24, 2.45) is 0 Å². The number of benzene rings is 2. The number of hydrogen-bond acceptors (Lipinski definition) is 1. The highest BCUT2D eigenvalue weighted by Crippen LogP contribution is 2.41. The molecule has 118 valence electrons. The van der Waals surface area contributed by atoms with Gasteiger partial charge in [0.15, 0.2) is 0 Å². The Morgan fingerprint density at radius 1 is 1.26 bits per heavy atom. The number of halogens is 3. The van der Waals surface area contributed by atoms with Crippen LogP contribution in [0.3, 0.4) is 0 Å². The summed E-state index contributed by atoms with van der Waals surface area (Å²) in [7, 11) is 0. The van der Waals surface area contributed by atoms with E-state index in [1.807, 2.05) is 24.3 Å². The molecule has 0 saturated heterocycles. The predicted octanol–water partition coefficient (Wildman–Crippen LogP) is 5.22. The van der Waals surface area contributed by atoms with Gasteiger partial charge < -0.3 is 9.67 Å². The van der Waals surface area contributed by atoms with Crippen LogP contribution in [-0.4, -0.2) is 9.67 Å². The van der Waals surface area contributed by atoms with Crippen LogP contribution in [0, 0.1) is 5.82 Å². The molecule has 0 amide bonds. The number of hydrogen-bond donors (Lipinski definition) is 1. The molecule has 0 saturated carbocycles. The summed E-state index contributed by atoms with van der Waals surface area (Å²) < 4.78 is 16.6. The Labute approximate surface area is 146 Å². The molecule has 4 rings (SSSR count). The average molecular weight is 395 g/mol. The molecule has 23 heavy (non-hydrogen) atoms. The van der Waals surface area contributed by atoms with Crippen molar-refractivity contribution in [3.05, 3.63) is 68.5 Å². The molecule has 2 aromatic carbocycles. The molecule has 2 nitrogen and oxygen atoms in total. The van der Waals surface area contributed by atoms with Gasteiger partial charge in [-0.3, -0.25) is 0 Å². The van der Waals surface area contributed by atoms with E-state index in [-0.39, 0.29) is 5.82 Å². The Morgan fingerprint density at radius 3 is 2.74 bits per heavy atom. The van der Waals surface area contributed by atoms with Crippen LogP contribution in [0.15, 0.2) is 40.9 Å². The standard InChI is InChI=1S/C18H14BrClFNO/c19-15-8-12(21)7-14-13-5-6-16(23)18(13)22(17(14)15)9-10-1-3-11(20)4-2-10/h1-4,7-8,16,23H,5-6,9H2/t16-/m1/s1. The Balaban J connectivity index is 1.94. The summed E-state index contributed by atoms with van der Waals surface area (Å²) in [6.07, 6.45) is 0.964. The molecule has 0 spiro atoms. The second-order valence-corrected chi connectivity index (χ2v) is 7.21. The Kier molecular flexibility index (Phi) is 3.71. The van der Waals surface area contributed by atoms with E-state index >= 15 is 0 Å². The maximum atomic E-state index is 13.8. The first kappa shape index (κ1) is 15.2. The third-order valence-corrected chi connectivity index (χ3v) is 5.32. The van der Waals surface area contributed by atoms with Gasteiger partial charge >= 0.3 is 0 Å². The fraction of sp³-hybridized carbons (Fsp3) is 0.222. The molecule has 0 fully saturated rings. The van der Waals surface area contributed by atoms with Gasteiger partial charge in [-0.25, -0.2) is 4.39 Å². The molecule has 5 heteroatoms. The van der Waals surface area contributed by atoms with Gasteiger partial charge in [0.1, 0.15) is 5.82 Å². The molecule has 1 aliphatic carbocycles. The highest BCUT2D eigenvalue weighted by Gasteiger charge is 2.29. The Bertz CT molecular complexity index is 904. The van der Waals surface area contributed by atoms with Crippen LogP contribution in [0.25, 0.3) is 10.9 Å². The van der Waals surface area contributed by atoms with Crippen molar-refractivity contribution in [3.63, 3.8) is 0 Å². The molecule has 0 unspecified atom stereocenters. The van der Waals surface area contributed by atoms with E-state index < -0.39 is 6.10 Å². The normalized spacial score (nSPS) is 17.0. The molecule has 1 N–H and O–H groups in total. The van der Waals surface area contributed by atoms with Crippen LogP contribution in [0.4, 0.5) is 4.39 Å². The van der Waals surface area contributed by atoms with Gasteiger partial charge in [0, 0.05) is 21.4 Å². The van der Waals surface area contributed by atoms with Gasteiger partial charge in [0.25, 0.3) is 0 Å². The lowest BCUT2D eigenvalue weighted by molar-refractivity contribution is 0.172. The summed E-state index contributed by atoms with van der Waals surface area (Å²) in [6.45, 7) is 0.615. The minimum absolute atomic E-state index is 0.266. The second kappa shape index (κ2) is 5.62. The average Bonchev–Trinajstić information content (AvgIpc) is 3.02. The largest absolute Gasteiger partial charge is 0.387 e. The molecule has 1 heterocycles. The molecule has 0 aliphatic heterocycles. The summed E-state index contributed by atoms with van der Waals surface area (Å²) in [5.74, 6) is -0.266. The third-order valence-electron chi connectivity index (χ3n) is 4.46.